The molecule has 25 heavy (non-hydrogen) atoms. The number of nitrogens with zero attached hydrogens (tertiary/aromatic N) is 2. The molecule has 0 radical (unpaired) electrons. The van der Waals surface area contributed by atoms with E-state index in [9.17, 15) is 4.79 Å². The smallest absolute Gasteiger partial charge is 0.228 e. The molecule has 1 fully saturated rings. The average molecular weight is 359 g/mol. The number of rotatable bonds is 9. The Kier molecular flexibility index (Phi) is 6.08. The van der Waals surface area contributed by atoms with Gasteiger partial charge in [-0.2, -0.15) is 0 Å². The van der Waals surface area contributed by atoms with E-state index in [1.54, 1.807) is 11.3 Å². The molecule has 4 nitrogen and oxygen atoms in total. The van der Waals surface area contributed by atoms with Gasteiger partial charge in [-0.3, -0.25) is 4.79 Å². The van der Waals surface area contributed by atoms with Crippen molar-refractivity contribution in [2.45, 2.75) is 46.1 Å². The maximum absolute atomic E-state index is 12.5. The lowest BCUT2D eigenvalue weighted by Gasteiger charge is -2.21. The first kappa shape index (κ1) is 17.9. The molecule has 2 aromatic rings. The zero-order valence-electron chi connectivity index (χ0n) is 15.0. The molecule has 5 heteroatoms. The molecule has 0 atom stereocenters. The van der Waals surface area contributed by atoms with Crippen LogP contribution in [-0.2, 0) is 17.8 Å². The summed E-state index contributed by atoms with van der Waals surface area (Å²) in [6.07, 6.45) is 3.94. The lowest BCUT2D eigenvalue weighted by molar-refractivity contribution is -0.130. The van der Waals surface area contributed by atoms with E-state index in [1.165, 1.54) is 18.4 Å². The first-order chi connectivity index (χ1) is 12.1. The Morgan fingerprint density at radius 2 is 2.08 bits per heavy atom. The predicted octanol–water partition coefficient (Wildman–Crippen LogP) is 4.22. The van der Waals surface area contributed by atoms with Crippen LogP contribution in [0, 0.1) is 12.8 Å². The molecule has 1 aromatic carbocycles. The molecular formula is C20H26N2O2S. The van der Waals surface area contributed by atoms with Crippen LogP contribution in [-0.4, -0.2) is 28.9 Å². The van der Waals surface area contributed by atoms with Crippen LogP contribution >= 0.6 is 11.3 Å². The highest BCUT2D eigenvalue weighted by atomic mass is 32.1. The van der Waals surface area contributed by atoms with E-state index in [0.717, 1.165) is 41.9 Å². The summed E-state index contributed by atoms with van der Waals surface area (Å²) in [7, 11) is 0. The van der Waals surface area contributed by atoms with Gasteiger partial charge in [0.1, 0.15) is 17.4 Å². The molecule has 0 N–H and O–H groups in total. The highest BCUT2D eigenvalue weighted by Crippen LogP contribution is 2.30. The molecule has 0 unspecified atom stereocenters. The number of benzene rings is 1. The number of hydrogen-bond donors (Lipinski definition) is 0. The zero-order chi connectivity index (χ0) is 17.6. The Morgan fingerprint density at radius 3 is 2.76 bits per heavy atom. The lowest BCUT2D eigenvalue weighted by Crippen LogP contribution is -2.34. The van der Waals surface area contributed by atoms with Gasteiger partial charge in [-0.1, -0.05) is 24.6 Å². The van der Waals surface area contributed by atoms with Gasteiger partial charge in [0.15, 0.2) is 0 Å². The fourth-order valence-electron chi connectivity index (χ4n) is 2.74. The van der Waals surface area contributed by atoms with Crippen LogP contribution in [0.4, 0.5) is 0 Å². The van der Waals surface area contributed by atoms with Crippen molar-refractivity contribution in [3.63, 3.8) is 0 Å². The predicted molar refractivity (Wildman–Crippen MR) is 101 cm³/mol. The summed E-state index contributed by atoms with van der Waals surface area (Å²) in [4.78, 5) is 19.1. The summed E-state index contributed by atoms with van der Waals surface area (Å²) in [5, 5.41) is 2.89. The second kappa shape index (κ2) is 8.48. The van der Waals surface area contributed by atoms with Crippen LogP contribution in [0.15, 0.2) is 29.6 Å². The third kappa shape index (κ3) is 5.56. The maximum Gasteiger partial charge on any atom is 0.228 e. The summed E-state index contributed by atoms with van der Waals surface area (Å²) in [5.74, 6) is 1.77. The van der Waals surface area contributed by atoms with E-state index in [4.69, 9.17) is 4.74 Å². The largest absolute Gasteiger partial charge is 0.486 e. The number of amides is 1. The molecule has 134 valence electrons. The van der Waals surface area contributed by atoms with Gasteiger partial charge in [-0.05, 0) is 44.2 Å². The van der Waals surface area contributed by atoms with Gasteiger partial charge in [0.2, 0.25) is 5.91 Å². The molecule has 3 rings (SSSR count). The molecule has 0 saturated heterocycles. The van der Waals surface area contributed by atoms with Gasteiger partial charge in [-0.25, -0.2) is 4.98 Å². The Balaban J connectivity index is 1.51. The minimum absolute atomic E-state index is 0.199. The van der Waals surface area contributed by atoms with E-state index < -0.39 is 0 Å². The van der Waals surface area contributed by atoms with Crippen LogP contribution in [0.1, 0.15) is 42.5 Å². The third-order valence-electron chi connectivity index (χ3n) is 4.34. The van der Waals surface area contributed by atoms with Crippen LogP contribution < -0.4 is 4.74 Å². The Hall–Kier alpha value is -1.88. The van der Waals surface area contributed by atoms with Gasteiger partial charge < -0.3 is 9.64 Å². The van der Waals surface area contributed by atoms with Crippen molar-refractivity contribution in [1.29, 1.82) is 0 Å². The summed E-state index contributed by atoms with van der Waals surface area (Å²) in [5.41, 5.74) is 2.07. The first-order valence-corrected chi connectivity index (χ1v) is 9.92. The Bertz CT molecular complexity index is 692. The minimum atomic E-state index is 0.199. The number of ether oxygens (including phenoxy) is 1. The molecule has 0 spiro atoms. The molecular weight excluding hydrogens is 332 g/mol. The minimum Gasteiger partial charge on any atom is -0.486 e. The quantitative estimate of drug-likeness (QED) is 0.674. The topological polar surface area (TPSA) is 42.4 Å². The number of carbonyl (C=O) groups excluding carboxylic acids is 1. The molecule has 1 amide bonds. The van der Waals surface area contributed by atoms with Crippen molar-refractivity contribution in [2.24, 2.45) is 5.92 Å². The number of thiazole rings is 1. The second-order valence-electron chi connectivity index (χ2n) is 6.79. The molecule has 0 aliphatic heterocycles. The van der Waals surface area contributed by atoms with Crippen LogP contribution in [0.5, 0.6) is 5.75 Å². The molecule has 1 heterocycles. The van der Waals surface area contributed by atoms with Crippen LogP contribution in [0.25, 0.3) is 0 Å². The molecule has 0 bridgehead atoms. The Morgan fingerprint density at radius 1 is 1.32 bits per heavy atom. The number of carbonyl (C=O) groups is 1. The Labute approximate surface area is 153 Å². The van der Waals surface area contributed by atoms with Crippen molar-refractivity contribution >= 4 is 17.2 Å². The number of aryl methyl sites for hydroxylation is 1. The number of hydrogen-bond acceptors (Lipinski definition) is 4. The van der Waals surface area contributed by atoms with Crippen molar-refractivity contribution < 1.29 is 9.53 Å². The standard InChI is InChI=1S/C20H26N2O2S/c1-3-10-22(12-16-6-7-16)20(23)11-17-14-25-19(21-17)13-24-18-8-4-15(2)5-9-18/h4-5,8-9,14,16H,3,6-7,10-13H2,1-2H3. The third-order valence-corrected chi connectivity index (χ3v) is 5.21. The second-order valence-corrected chi connectivity index (χ2v) is 7.74. The molecule has 1 aliphatic rings. The SMILES string of the molecule is CCCN(CC1CC1)C(=O)Cc1csc(COc2ccc(C)cc2)n1. The zero-order valence-corrected chi connectivity index (χ0v) is 15.8. The van der Waals surface area contributed by atoms with Gasteiger partial charge in [-0.15, -0.1) is 11.3 Å². The fraction of sp³-hybridized carbons (Fsp3) is 0.500. The van der Waals surface area contributed by atoms with Crippen molar-refractivity contribution in [2.75, 3.05) is 13.1 Å². The van der Waals surface area contributed by atoms with E-state index in [-0.39, 0.29) is 5.91 Å². The summed E-state index contributed by atoms with van der Waals surface area (Å²) in [6.45, 7) is 6.39. The highest BCUT2D eigenvalue weighted by Gasteiger charge is 2.26. The van der Waals surface area contributed by atoms with Gasteiger partial charge in [0.05, 0.1) is 12.1 Å². The van der Waals surface area contributed by atoms with Crippen molar-refractivity contribution in [3.8, 4) is 5.75 Å². The molecule has 1 aromatic heterocycles. The van der Waals surface area contributed by atoms with Crippen LogP contribution in [0.2, 0.25) is 0 Å². The van der Waals surface area contributed by atoms with E-state index in [0.29, 0.717) is 13.0 Å². The summed E-state index contributed by atoms with van der Waals surface area (Å²) < 4.78 is 5.76. The lowest BCUT2D eigenvalue weighted by atomic mass is 10.2. The van der Waals surface area contributed by atoms with Gasteiger partial charge in [0.25, 0.3) is 0 Å². The normalized spacial score (nSPS) is 13.7. The van der Waals surface area contributed by atoms with Crippen LogP contribution in [0.3, 0.4) is 0 Å². The summed E-state index contributed by atoms with van der Waals surface area (Å²) in [6, 6.07) is 7.99. The van der Waals surface area contributed by atoms with Gasteiger partial charge >= 0.3 is 0 Å². The highest BCUT2D eigenvalue weighted by molar-refractivity contribution is 7.09. The first-order valence-electron chi connectivity index (χ1n) is 9.04. The van der Waals surface area contributed by atoms with Crippen molar-refractivity contribution in [3.05, 3.63) is 45.9 Å². The van der Waals surface area contributed by atoms with E-state index in [1.807, 2.05) is 34.5 Å². The molecule has 1 aliphatic carbocycles. The molecule has 1 saturated carbocycles. The fourth-order valence-corrected chi connectivity index (χ4v) is 3.45. The number of aromatic nitrogens is 1. The van der Waals surface area contributed by atoms with E-state index in [2.05, 4.69) is 18.8 Å². The average Bonchev–Trinajstić information content (AvgIpc) is 3.31. The van der Waals surface area contributed by atoms with E-state index >= 15 is 0 Å². The van der Waals surface area contributed by atoms with Crippen molar-refractivity contribution in [1.82, 2.24) is 9.88 Å². The monoisotopic (exact) mass is 358 g/mol. The summed E-state index contributed by atoms with van der Waals surface area (Å²) >= 11 is 1.56. The van der Waals surface area contributed by atoms with Gasteiger partial charge in [0, 0.05) is 18.5 Å². The maximum atomic E-state index is 12.5.